The maximum atomic E-state index is 4.51. The molecule has 108 valence electrons. The molecule has 2 heterocycles. The second kappa shape index (κ2) is 5.69. The van der Waals surface area contributed by atoms with E-state index >= 15 is 0 Å². The minimum Gasteiger partial charge on any atom is -0.381 e. The molecule has 4 nitrogen and oxygen atoms in total. The van der Waals surface area contributed by atoms with Crippen molar-refractivity contribution in [3.63, 3.8) is 0 Å². The lowest BCUT2D eigenvalue weighted by Crippen LogP contribution is -2.01. The first kappa shape index (κ1) is 13.8. The number of aromatic nitrogens is 3. The maximum Gasteiger partial charge on any atom is 0.0901 e. The van der Waals surface area contributed by atoms with Crippen molar-refractivity contribution in [1.82, 2.24) is 15.2 Å². The summed E-state index contributed by atoms with van der Waals surface area (Å²) in [5, 5.41) is 13.8. The van der Waals surface area contributed by atoms with Crippen molar-refractivity contribution in [3.8, 4) is 11.3 Å². The SMILES string of the molecule is Cc1nc(-c2ccc(NCc3c(C)n[nH]c3C)cc2)cs1. The van der Waals surface area contributed by atoms with Gasteiger partial charge >= 0.3 is 0 Å². The van der Waals surface area contributed by atoms with Gasteiger partial charge in [0.25, 0.3) is 0 Å². The van der Waals surface area contributed by atoms with E-state index in [9.17, 15) is 0 Å². The number of nitrogens with one attached hydrogen (secondary N) is 2. The Hall–Kier alpha value is -2.14. The minimum atomic E-state index is 0.781. The third-order valence-electron chi connectivity index (χ3n) is 3.55. The standard InChI is InChI=1S/C16H18N4S/c1-10-15(11(2)20-19-10)8-17-14-6-4-13(5-7-14)16-9-21-12(3)18-16/h4-7,9,17H,8H2,1-3H3,(H,19,20). The molecule has 21 heavy (non-hydrogen) atoms. The average molecular weight is 298 g/mol. The summed E-state index contributed by atoms with van der Waals surface area (Å²) in [6.07, 6.45) is 0. The fraction of sp³-hybridized carbons (Fsp3) is 0.250. The highest BCUT2D eigenvalue weighted by atomic mass is 32.1. The summed E-state index contributed by atoms with van der Waals surface area (Å²) in [4.78, 5) is 4.51. The number of nitrogens with zero attached hydrogens (tertiary/aromatic N) is 2. The zero-order valence-corrected chi connectivity index (χ0v) is 13.2. The Bertz CT molecular complexity index is 720. The van der Waals surface area contributed by atoms with Crippen LogP contribution in [-0.4, -0.2) is 15.2 Å². The maximum absolute atomic E-state index is 4.51. The number of H-pyrrole nitrogens is 1. The number of anilines is 1. The van der Waals surface area contributed by atoms with E-state index in [4.69, 9.17) is 0 Å². The van der Waals surface area contributed by atoms with Gasteiger partial charge in [-0.25, -0.2) is 4.98 Å². The van der Waals surface area contributed by atoms with Gasteiger partial charge in [0, 0.05) is 34.4 Å². The molecule has 0 amide bonds. The molecule has 0 bridgehead atoms. The van der Waals surface area contributed by atoms with E-state index in [-0.39, 0.29) is 0 Å². The number of rotatable bonds is 4. The van der Waals surface area contributed by atoms with Crippen LogP contribution in [0, 0.1) is 20.8 Å². The largest absolute Gasteiger partial charge is 0.381 e. The van der Waals surface area contributed by atoms with Crippen LogP contribution in [0.15, 0.2) is 29.6 Å². The van der Waals surface area contributed by atoms with Crippen molar-refractivity contribution in [2.45, 2.75) is 27.3 Å². The van der Waals surface area contributed by atoms with Gasteiger partial charge in [-0.3, -0.25) is 5.10 Å². The Morgan fingerprint density at radius 1 is 1.14 bits per heavy atom. The van der Waals surface area contributed by atoms with E-state index in [2.05, 4.69) is 50.1 Å². The van der Waals surface area contributed by atoms with Crippen molar-refractivity contribution >= 4 is 17.0 Å². The molecule has 0 saturated carbocycles. The first-order valence-corrected chi connectivity index (χ1v) is 7.78. The predicted octanol–water partition coefficient (Wildman–Crippen LogP) is 4.07. The summed E-state index contributed by atoms with van der Waals surface area (Å²) in [7, 11) is 0. The number of aryl methyl sites for hydroxylation is 3. The molecule has 1 aromatic carbocycles. The fourth-order valence-electron chi connectivity index (χ4n) is 2.28. The number of hydrogen-bond acceptors (Lipinski definition) is 4. The van der Waals surface area contributed by atoms with Crippen LogP contribution < -0.4 is 5.32 Å². The Morgan fingerprint density at radius 2 is 1.90 bits per heavy atom. The summed E-state index contributed by atoms with van der Waals surface area (Å²) >= 11 is 1.68. The van der Waals surface area contributed by atoms with Crippen LogP contribution in [0.2, 0.25) is 0 Å². The van der Waals surface area contributed by atoms with Gasteiger partial charge in [-0.15, -0.1) is 11.3 Å². The molecule has 0 saturated heterocycles. The molecule has 5 heteroatoms. The molecular formula is C16H18N4S. The third kappa shape index (κ3) is 2.97. The second-order valence-electron chi connectivity index (χ2n) is 5.10. The number of aromatic amines is 1. The molecule has 0 aliphatic rings. The fourth-order valence-corrected chi connectivity index (χ4v) is 2.90. The molecule has 0 unspecified atom stereocenters. The van der Waals surface area contributed by atoms with Gasteiger partial charge in [0.05, 0.1) is 16.4 Å². The average Bonchev–Trinajstić information content (AvgIpc) is 3.05. The number of benzene rings is 1. The van der Waals surface area contributed by atoms with Crippen molar-refractivity contribution < 1.29 is 0 Å². The van der Waals surface area contributed by atoms with Crippen LogP contribution in [-0.2, 0) is 6.54 Å². The highest BCUT2D eigenvalue weighted by Crippen LogP contribution is 2.23. The summed E-state index contributed by atoms with van der Waals surface area (Å²) in [6.45, 7) is 6.88. The minimum absolute atomic E-state index is 0.781. The van der Waals surface area contributed by atoms with Crippen LogP contribution in [0.1, 0.15) is 22.0 Å². The first-order chi connectivity index (χ1) is 10.1. The van der Waals surface area contributed by atoms with Crippen molar-refractivity contribution in [2.24, 2.45) is 0 Å². The molecule has 3 aromatic rings. The van der Waals surface area contributed by atoms with Crippen molar-refractivity contribution in [2.75, 3.05) is 5.32 Å². The van der Waals surface area contributed by atoms with Crippen molar-refractivity contribution in [1.29, 1.82) is 0 Å². The zero-order chi connectivity index (χ0) is 14.8. The van der Waals surface area contributed by atoms with Gasteiger partial charge in [0.1, 0.15) is 0 Å². The summed E-state index contributed by atoms with van der Waals surface area (Å²) in [6, 6.07) is 8.39. The molecule has 0 aliphatic carbocycles. The smallest absolute Gasteiger partial charge is 0.0901 e. The quantitative estimate of drug-likeness (QED) is 0.763. The predicted molar refractivity (Wildman–Crippen MR) is 87.7 cm³/mol. The summed E-state index contributed by atoms with van der Waals surface area (Å²) < 4.78 is 0. The molecule has 0 atom stereocenters. The van der Waals surface area contributed by atoms with Gasteiger partial charge in [0.2, 0.25) is 0 Å². The monoisotopic (exact) mass is 298 g/mol. The highest BCUT2D eigenvalue weighted by molar-refractivity contribution is 7.09. The summed E-state index contributed by atoms with van der Waals surface area (Å²) in [5.74, 6) is 0. The zero-order valence-electron chi connectivity index (χ0n) is 12.4. The van der Waals surface area contributed by atoms with Gasteiger partial charge in [-0.05, 0) is 32.9 Å². The third-order valence-corrected chi connectivity index (χ3v) is 4.32. The van der Waals surface area contributed by atoms with E-state index in [1.165, 1.54) is 5.56 Å². The Morgan fingerprint density at radius 3 is 2.48 bits per heavy atom. The second-order valence-corrected chi connectivity index (χ2v) is 6.16. The lowest BCUT2D eigenvalue weighted by molar-refractivity contribution is 1.02. The van der Waals surface area contributed by atoms with Crippen LogP contribution in [0.25, 0.3) is 11.3 Å². The highest BCUT2D eigenvalue weighted by Gasteiger charge is 2.06. The van der Waals surface area contributed by atoms with Crippen LogP contribution >= 0.6 is 11.3 Å². The van der Waals surface area contributed by atoms with Gasteiger partial charge in [-0.1, -0.05) is 12.1 Å². The van der Waals surface area contributed by atoms with E-state index < -0.39 is 0 Å². The molecule has 0 fully saturated rings. The Kier molecular flexibility index (Phi) is 3.75. The number of thiazole rings is 1. The molecule has 0 spiro atoms. The van der Waals surface area contributed by atoms with Gasteiger partial charge in [-0.2, -0.15) is 5.10 Å². The van der Waals surface area contributed by atoms with Gasteiger partial charge < -0.3 is 5.32 Å². The van der Waals surface area contributed by atoms with Crippen LogP contribution in [0.3, 0.4) is 0 Å². The molecule has 3 rings (SSSR count). The molecule has 2 aromatic heterocycles. The molecule has 0 aliphatic heterocycles. The van der Waals surface area contributed by atoms with Crippen molar-refractivity contribution in [3.05, 3.63) is 51.6 Å². The normalized spacial score (nSPS) is 10.8. The summed E-state index contributed by atoms with van der Waals surface area (Å²) in [5.41, 5.74) is 6.70. The lowest BCUT2D eigenvalue weighted by Gasteiger charge is -2.07. The molecule has 2 N–H and O–H groups in total. The number of hydrogen-bond donors (Lipinski definition) is 2. The van der Waals surface area contributed by atoms with E-state index in [0.717, 1.165) is 39.9 Å². The van der Waals surface area contributed by atoms with E-state index in [1.54, 1.807) is 11.3 Å². The van der Waals surface area contributed by atoms with Crippen LogP contribution in [0.5, 0.6) is 0 Å². The lowest BCUT2D eigenvalue weighted by atomic mass is 10.1. The van der Waals surface area contributed by atoms with E-state index in [0.29, 0.717) is 0 Å². The van der Waals surface area contributed by atoms with E-state index in [1.807, 2.05) is 20.8 Å². The first-order valence-electron chi connectivity index (χ1n) is 6.90. The topological polar surface area (TPSA) is 53.6 Å². The Balaban J connectivity index is 1.70. The Labute approximate surface area is 128 Å². The molecule has 0 radical (unpaired) electrons. The molecular weight excluding hydrogens is 280 g/mol. The van der Waals surface area contributed by atoms with Gasteiger partial charge in [0.15, 0.2) is 0 Å². The van der Waals surface area contributed by atoms with Crippen LogP contribution in [0.4, 0.5) is 5.69 Å².